The van der Waals surface area contributed by atoms with Gasteiger partial charge in [-0.1, -0.05) is 44.2 Å². The minimum atomic E-state index is -2.47. The number of aromatic hydroxyl groups is 1. The molecule has 2 atom stereocenters. The molecular weight excluding hydrogens is 434 g/mol. The van der Waals surface area contributed by atoms with Gasteiger partial charge in [0.2, 0.25) is 0 Å². The van der Waals surface area contributed by atoms with E-state index in [0.717, 1.165) is 23.4 Å². The van der Waals surface area contributed by atoms with Crippen molar-refractivity contribution < 1.29 is 13.9 Å². The third kappa shape index (κ3) is 5.64. The first-order chi connectivity index (χ1) is 16.1. The molecule has 0 saturated heterocycles. The fourth-order valence-corrected chi connectivity index (χ4v) is 4.54. The molecule has 0 amide bonds. The molecule has 0 spiro atoms. The fraction of sp³-hybridized carbons (Fsp3) is 0.407. The second-order valence-electron chi connectivity index (χ2n) is 8.83. The number of nitrogens with one attached hydrogen (secondary N) is 3. The Labute approximate surface area is 199 Å². The third-order valence-corrected chi connectivity index (χ3v) is 6.36. The molecule has 0 aliphatic heterocycles. The molecule has 3 rings (SSSR count). The quantitative estimate of drug-likeness (QED) is 0.339. The van der Waals surface area contributed by atoms with Crippen LogP contribution >= 0.6 is 0 Å². The van der Waals surface area contributed by atoms with Gasteiger partial charge in [-0.05, 0) is 56.2 Å². The van der Waals surface area contributed by atoms with Crippen LogP contribution in [-0.2, 0) is 6.42 Å². The highest BCUT2D eigenvalue weighted by atomic mass is 19.3. The number of aliphatic imine (C=N–C) groups is 1. The highest BCUT2D eigenvalue weighted by Crippen LogP contribution is 2.34. The Morgan fingerprint density at radius 1 is 1.26 bits per heavy atom. The maximum absolute atomic E-state index is 12.4. The van der Waals surface area contributed by atoms with E-state index in [4.69, 9.17) is 5.41 Å². The summed E-state index contributed by atoms with van der Waals surface area (Å²) >= 11 is 0. The summed E-state index contributed by atoms with van der Waals surface area (Å²) in [5.74, 6) is 0.370. The smallest absolute Gasteiger partial charge is 0.255 e. The first-order valence-corrected chi connectivity index (χ1v) is 11.7. The molecule has 1 aromatic carbocycles. The number of aromatic amines is 1. The van der Waals surface area contributed by atoms with Crippen molar-refractivity contribution in [1.82, 2.24) is 10.3 Å². The average Bonchev–Trinajstić information content (AvgIpc) is 3.11. The van der Waals surface area contributed by atoms with E-state index < -0.39 is 13.0 Å². The SMILES string of the molecule is CCc1ccc(C)c(C2C=c3c(C(C)=NC(=N)/C=C(/C)NCC(F)F)c(O)[nH]c3=CC2CC)c1. The maximum atomic E-state index is 12.4. The minimum absolute atomic E-state index is 0.0117. The maximum Gasteiger partial charge on any atom is 0.255 e. The van der Waals surface area contributed by atoms with Crippen molar-refractivity contribution in [3.63, 3.8) is 0 Å². The summed E-state index contributed by atoms with van der Waals surface area (Å²) in [6.45, 7) is 9.32. The third-order valence-electron chi connectivity index (χ3n) is 6.36. The first kappa shape index (κ1) is 25.4. The van der Waals surface area contributed by atoms with E-state index in [9.17, 15) is 13.9 Å². The van der Waals surface area contributed by atoms with Gasteiger partial charge in [0.15, 0.2) is 5.88 Å². The van der Waals surface area contributed by atoms with Gasteiger partial charge in [0.05, 0.1) is 17.8 Å². The second-order valence-corrected chi connectivity index (χ2v) is 8.83. The van der Waals surface area contributed by atoms with Gasteiger partial charge < -0.3 is 15.4 Å². The first-order valence-electron chi connectivity index (χ1n) is 11.7. The molecule has 1 aromatic heterocycles. The number of allylic oxidation sites excluding steroid dienone is 1. The second kappa shape index (κ2) is 10.8. The van der Waals surface area contributed by atoms with Crippen molar-refractivity contribution in [1.29, 1.82) is 5.41 Å². The molecule has 1 aliphatic carbocycles. The minimum Gasteiger partial charge on any atom is -0.494 e. The van der Waals surface area contributed by atoms with Crippen LogP contribution < -0.4 is 15.9 Å². The molecule has 2 unspecified atom stereocenters. The van der Waals surface area contributed by atoms with Crippen LogP contribution in [0.15, 0.2) is 35.0 Å². The Hall–Kier alpha value is -3.22. The van der Waals surface area contributed by atoms with Crippen molar-refractivity contribution in [3.8, 4) is 5.88 Å². The Kier molecular flexibility index (Phi) is 8.07. The van der Waals surface area contributed by atoms with Crippen molar-refractivity contribution in [2.75, 3.05) is 6.54 Å². The standard InChI is InChI=1S/C27H34F2N4O/c1-6-18-9-8-15(3)20(11-18)21-13-22-23(12-19(21)7-2)33-27(34)26(22)17(5)32-25(30)10-16(4)31-14-24(28)29/h8-13,19,21,24,30-31,33-34H,6-7,14H2,1-5H3/b16-10-,30-25?,32-17?. The van der Waals surface area contributed by atoms with E-state index in [2.05, 4.69) is 66.4 Å². The van der Waals surface area contributed by atoms with E-state index in [1.807, 2.05) is 0 Å². The predicted molar refractivity (Wildman–Crippen MR) is 135 cm³/mol. The van der Waals surface area contributed by atoms with Gasteiger partial charge in [-0.15, -0.1) is 0 Å². The summed E-state index contributed by atoms with van der Waals surface area (Å²) in [5.41, 5.74) is 5.28. The number of aromatic nitrogens is 1. The van der Waals surface area contributed by atoms with E-state index in [1.165, 1.54) is 22.8 Å². The molecule has 2 aromatic rings. The van der Waals surface area contributed by atoms with E-state index >= 15 is 0 Å². The number of benzene rings is 1. The lowest BCUT2D eigenvalue weighted by molar-refractivity contribution is 0.149. The van der Waals surface area contributed by atoms with Gasteiger partial charge in [0, 0.05) is 28.3 Å². The van der Waals surface area contributed by atoms with E-state index in [0.29, 0.717) is 17.0 Å². The highest BCUT2D eigenvalue weighted by molar-refractivity contribution is 6.09. The van der Waals surface area contributed by atoms with Crippen molar-refractivity contribution in [2.24, 2.45) is 10.9 Å². The van der Waals surface area contributed by atoms with Gasteiger partial charge in [-0.3, -0.25) is 5.41 Å². The number of rotatable bonds is 8. The number of nitrogens with zero attached hydrogens (tertiary/aromatic N) is 1. The normalized spacial score (nSPS) is 18.4. The molecule has 5 nitrogen and oxygen atoms in total. The largest absolute Gasteiger partial charge is 0.494 e. The lowest BCUT2D eigenvalue weighted by Gasteiger charge is -2.25. The van der Waals surface area contributed by atoms with Gasteiger partial charge in [0.25, 0.3) is 6.43 Å². The summed E-state index contributed by atoms with van der Waals surface area (Å²) in [5, 5.41) is 23.2. The van der Waals surface area contributed by atoms with Gasteiger partial charge >= 0.3 is 0 Å². The zero-order valence-electron chi connectivity index (χ0n) is 20.5. The highest BCUT2D eigenvalue weighted by Gasteiger charge is 2.25. The molecule has 0 radical (unpaired) electrons. The molecule has 0 saturated carbocycles. The van der Waals surface area contributed by atoms with Crippen LogP contribution in [0.2, 0.25) is 0 Å². The summed E-state index contributed by atoms with van der Waals surface area (Å²) in [4.78, 5) is 7.39. The molecule has 0 bridgehead atoms. The van der Waals surface area contributed by atoms with Crippen molar-refractivity contribution in [3.05, 3.63) is 62.8 Å². The lowest BCUT2D eigenvalue weighted by atomic mass is 9.78. The Morgan fingerprint density at radius 2 is 2.00 bits per heavy atom. The number of aryl methyl sites for hydroxylation is 2. The number of H-pyrrole nitrogens is 1. The molecule has 1 aliphatic rings. The zero-order chi connectivity index (χ0) is 25.0. The number of alkyl halides is 2. The van der Waals surface area contributed by atoms with Gasteiger partial charge in [-0.25, -0.2) is 13.8 Å². The molecule has 4 N–H and O–H groups in total. The van der Waals surface area contributed by atoms with E-state index in [1.54, 1.807) is 13.8 Å². The monoisotopic (exact) mass is 468 g/mol. The fourth-order valence-electron chi connectivity index (χ4n) is 4.54. The number of amidine groups is 1. The Balaban J connectivity index is 2.04. The Bertz CT molecular complexity index is 1240. The molecule has 1 heterocycles. The molecule has 7 heteroatoms. The van der Waals surface area contributed by atoms with Gasteiger partial charge in [-0.2, -0.15) is 0 Å². The summed E-state index contributed by atoms with van der Waals surface area (Å²) in [7, 11) is 0. The van der Waals surface area contributed by atoms with Gasteiger partial charge in [0.1, 0.15) is 5.84 Å². The predicted octanol–water partition coefficient (Wildman–Crippen LogP) is 4.52. The van der Waals surface area contributed by atoms with Crippen LogP contribution in [0.1, 0.15) is 62.3 Å². The van der Waals surface area contributed by atoms with E-state index in [-0.39, 0.29) is 23.6 Å². The van der Waals surface area contributed by atoms with Crippen LogP contribution in [0.3, 0.4) is 0 Å². The van der Waals surface area contributed by atoms with Crippen molar-refractivity contribution in [2.45, 2.75) is 59.8 Å². The molecule has 182 valence electrons. The number of hydrogen-bond acceptors (Lipinski definition) is 3. The molecule has 34 heavy (non-hydrogen) atoms. The topological polar surface area (TPSA) is 84.3 Å². The van der Waals surface area contributed by atoms with Crippen LogP contribution in [0.4, 0.5) is 8.78 Å². The van der Waals surface area contributed by atoms with Crippen LogP contribution in [0, 0.1) is 18.3 Å². The van der Waals surface area contributed by atoms with Crippen LogP contribution in [0.5, 0.6) is 5.88 Å². The summed E-state index contributed by atoms with van der Waals surface area (Å²) in [6.07, 6.45) is 5.23. The molecular formula is C27H34F2N4O. The number of halogens is 2. The lowest BCUT2D eigenvalue weighted by Crippen LogP contribution is -2.34. The molecule has 0 fully saturated rings. The average molecular weight is 469 g/mol. The number of fused-ring (bicyclic) bond motifs is 1. The number of hydrogen-bond donors (Lipinski definition) is 4. The Morgan fingerprint density at radius 3 is 2.65 bits per heavy atom. The summed E-state index contributed by atoms with van der Waals surface area (Å²) in [6, 6.07) is 6.62. The summed E-state index contributed by atoms with van der Waals surface area (Å²) < 4.78 is 24.8. The van der Waals surface area contributed by atoms with Crippen LogP contribution in [-0.4, -0.2) is 34.6 Å². The zero-order valence-corrected chi connectivity index (χ0v) is 20.5. The van der Waals surface area contributed by atoms with Crippen LogP contribution in [0.25, 0.3) is 12.2 Å². The van der Waals surface area contributed by atoms with Crippen molar-refractivity contribution >= 4 is 23.7 Å².